The standard InChI is InChI=1S/C19H21ClN4O3S/c1-12(15-11-13-10-14(20)6-7-16(13)22-19(15)25)21-17-4-2-5-18(23-17)24-8-3-9-28(24,26)27/h2,4-7,10-12,26-27H,3,8-9H2,1H3,(H,21,23)(H,22,25). The molecule has 1 aliphatic heterocycles. The average molecular weight is 421 g/mol. The van der Waals surface area contributed by atoms with E-state index in [1.807, 2.05) is 13.0 Å². The topological polar surface area (TPSA) is 101 Å². The lowest BCUT2D eigenvalue weighted by molar-refractivity contribution is 0.491. The van der Waals surface area contributed by atoms with E-state index in [1.165, 1.54) is 0 Å². The van der Waals surface area contributed by atoms with Crippen LogP contribution in [0.15, 0.2) is 47.3 Å². The molecule has 4 N–H and O–H groups in total. The van der Waals surface area contributed by atoms with Crippen molar-refractivity contribution >= 4 is 44.9 Å². The first-order valence-electron chi connectivity index (χ1n) is 8.93. The highest BCUT2D eigenvalue weighted by Crippen LogP contribution is 2.50. The summed E-state index contributed by atoms with van der Waals surface area (Å²) in [5.41, 5.74) is 1.11. The molecule has 3 aromatic rings. The molecule has 1 aromatic carbocycles. The molecule has 4 rings (SSSR count). The van der Waals surface area contributed by atoms with Crippen LogP contribution in [0.4, 0.5) is 11.6 Å². The molecule has 0 amide bonds. The van der Waals surface area contributed by atoms with E-state index in [-0.39, 0.29) is 11.6 Å². The highest BCUT2D eigenvalue weighted by molar-refractivity contribution is 8.25. The number of nitrogens with zero attached hydrogens (tertiary/aromatic N) is 2. The lowest BCUT2D eigenvalue weighted by Gasteiger charge is -2.37. The quantitative estimate of drug-likeness (QED) is 0.491. The number of anilines is 2. The Bertz CT molecular complexity index is 1090. The van der Waals surface area contributed by atoms with Gasteiger partial charge in [-0.2, -0.15) is 0 Å². The van der Waals surface area contributed by atoms with Gasteiger partial charge in [-0.1, -0.05) is 17.7 Å². The molecule has 0 spiro atoms. The van der Waals surface area contributed by atoms with Crippen LogP contribution in [0.3, 0.4) is 0 Å². The van der Waals surface area contributed by atoms with Crippen molar-refractivity contribution in [2.24, 2.45) is 0 Å². The number of H-pyrrole nitrogens is 1. The van der Waals surface area contributed by atoms with E-state index >= 15 is 0 Å². The summed E-state index contributed by atoms with van der Waals surface area (Å²) in [6.45, 7) is 2.43. The minimum Gasteiger partial charge on any atom is -0.363 e. The molecule has 148 valence electrons. The predicted octanol–water partition coefficient (Wildman–Crippen LogP) is 4.63. The monoisotopic (exact) mass is 420 g/mol. The molecule has 1 aliphatic rings. The van der Waals surface area contributed by atoms with Crippen molar-refractivity contribution in [2.75, 3.05) is 21.9 Å². The molecular weight excluding hydrogens is 400 g/mol. The van der Waals surface area contributed by atoms with Crippen molar-refractivity contribution in [1.29, 1.82) is 0 Å². The molecule has 7 nitrogen and oxygen atoms in total. The van der Waals surface area contributed by atoms with E-state index in [1.54, 1.807) is 40.7 Å². The maximum absolute atomic E-state index is 12.5. The van der Waals surface area contributed by atoms with Gasteiger partial charge in [-0.3, -0.25) is 18.2 Å². The number of hydrogen-bond acceptors (Lipinski definition) is 6. The molecule has 28 heavy (non-hydrogen) atoms. The molecule has 2 aromatic heterocycles. The fraction of sp³-hybridized carbons (Fsp3) is 0.263. The zero-order valence-corrected chi connectivity index (χ0v) is 16.8. The first kappa shape index (κ1) is 19.1. The normalized spacial score (nSPS) is 18.2. The number of halogens is 1. The van der Waals surface area contributed by atoms with Crippen molar-refractivity contribution < 1.29 is 9.11 Å². The summed E-state index contributed by atoms with van der Waals surface area (Å²) in [4.78, 5) is 19.9. The largest absolute Gasteiger partial charge is 0.363 e. The SMILES string of the molecule is CC(Nc1cccc(N2CCCS2(O)O)n1)c1cc2cc(Cl)ccc2[nH]c1=O. The van der Waals surface area contributed by atoms with Gasteiger partial charge in [0.2, 0.25) is 0 Å². The first-order chi connectivity index (χ1) is 13.3. The van der Waals surface area contributed by atoms with Gasteiger partial charge in [-0.15, -0.1) is 10.8 Å². The Labute approximate surface area is 168 Å². The van der Waals surface area contributed by atoms with Crippen LogP contribution in [-0.2, 0) is 0 Å². The molecule has 1 atom stereocenters. The number of aromatic nitrogens is 2. The molecule has 0 bridgehead atoms. The second-order valence-electron chi connectivity index (χ2n) is 6.82. The molecule has 0 saturated carbocycles. The maximum atomic E-state index is 12.5. The minimum atomic E-state index is -2.80. The van der Waals surface area contributed by atoms with Gasteiger partial charge in [0.1, 0.15) is 11.6 Å². The van der Waals surface area contributed by atoms with Gasteiger partial charge >= 0.3 is 0 Å². The van der Waals surface area contributed by atoms with Gasteiger partial charge < -0.3 is 10.3 Å². The Balaban J connectivity index is 1.61. The number of pyridine rings is 2. The van der Waals surface area contributed by atoms with Gasteiger partial charge in [0, 0.05) is 28.0 Å². The van der Waals surface area contributed by atoms with E-state index in [0.717, 1.165) is 10.9 Å². The Hall–Kier alpha value is -2.26. The second kappa shape index (κ2) is 7.29. The lowest BCUT2D eigenvalue weighted by Crippen LogP contribution is -2.23. The number of aromatic amines is 1. The van der Waals surface area contributed by atoms with E-state index in [4.69, 9.17) is 11.6 Å². The van der Waals surface area contributed by atoms with Gasteiger partial charge in [0.15, 0.2) is 0 Å². The van der Waals surface area contributed by atoms with E-state index in [0.29, 0.717) is 40.9 Å². The summed E-state index contributed by atoms with van der Waals surface area (Å²) >= 11 is 6.06. The maximum Gasteiger partial charge on any atom is 0.253 e. The minimum absolute atomic E-state index is 0.181. The third-order valence-electron chi connectivity index (χ3n) is 4.79. The molecule has 1 fully saturated rings. The van der Waals surface area contributed by atoms with E-state index < -0.39 is 10.8 Å². The highest BCUT2D eigenvalue weighted by atomic mass is 35.5. The summed E-state index contributed by atoms with van der Waals surface area (Å²) in [6, 6.07) is 12.2. The smallest absolute Gasteiger partial charge is 0.253 e. The Kier molecular flexibility index (Phi) is 4.96. The predicted molar refractivity (Wildman–Crippen MR) is 116 cm³/mol. The second-order valence-corrected chi connectivity index (χ2v) is 9.37. The van der Waals surface area contributed by atoms with Crippen molar-refractivity contribution in [1.82, 2.24) is 9.97 Å². The molecule has 3 heterocycles. The highest BCUT2D eigenvalue weighted by Gasteiger charge is 2.30. The Morgan fingerprint density at radius 1 is 1.29 bits per heavy atom. The summed E-state index contributed by atoms with van der Waals surface area (Å²) in [7, 11) is -2.80. The number of rotatable bonds is 4. The molecular formula is C19H21ClN4O3S. The first-order valence-corrected chi connectivity index (χ1v) is 11.0. The van der Waals surface area contributed by atoms with Crippen LogP contribution in [-0.4, -0.2) is 31.4 Å². The van der Waals surface area contributed by atoms with Crippen LogP contribution >= 0.6 is 22.4 Å². The van der Waals surface area contributed by atoms with E-state index in [2.05, 4.69) is 15.3 Å². The Morgan fingerprint density at radius 3 is 2.86 bits per heavy atom. The zero-order valence-electron chi connectivity index (χ0n) is 15.2. The van der Waals surface area contributed by atoms with Crippen molar-refractivity contribution in [3.63, 3.8) is 0 Å². The van der Waals surface area contributed by atoms with Crippen LogP contribution in [0.1, 0.15) is 24.9 Å². The number of fused-ring (bicyclic) bond motifs is 1. The lowest BCUT2D eigenvalue weighted by atomic mass is 10.1. The summed E-state index contributed by atoms with van der Waals surface area (Å²) in [6.07, 6.45) is 0.715. The summed E-state index contributed by atoms with van der Waals surface area (Å²) in [5.74, 6) is 1.42. The van der Waals surface area contributed by atoms with Gasteiger partial charge in [-0.25, -0.2) is 4.98 Å². The molecule has 0 radical (unpaired) electrons. The molecule has 1 unspecified atom stereocenters. The summed E-state index contributed by atoms with van der Waals surface area (Å²) < 4.78 is 21.9. The van der Waals surface area contributed by atoms with Gasteiger partial charge in [-0.05, 0) is 49.7 Å². The van der Waals surface area contributed by atoms with Crippen LogP contribution in [0.2, 0.25) is 5.02 Å². The third kappa shape index (κ3) is 3.68. The average Bonchev–Trinajstić information content (AvgIpc) is 3.00. The number of nitrogens with one attached hydrogen (secondary N) is 2. The van der Waals surface area contributed by atoms with E-state index in [9.17, 15) is 13.9 Å². The summed E-state index contributed by atoms with van der Waals surface area (Å²) in [5, 5.41) is 4.68. The van der Waals surface area contributed by atoms with Crippen molar-refractivity contribution in [3.8, 4) is 0 Å². The van der Waals surface area contributed by atoms with Crippen LogP contribution in [0, 0.1) is 0 Å². The van der Waals surface area contributed by atoms with Gasteiger partial charge in [0.25, 0.3) is 5.56 Å². The zero-order chi connectivity index (χ0) is 19.9. The molecule has 9 heteroatoms. The van der Waals surface area contributed by atoms with Crippen LogP contribution < -0.4 is 15.2 Å². The Morgan fingerprint density at radius 2 is 2.11 bits per heavy atom. The molecule has 0 aliphatic carbocycles. The number of benzene rings is 1. The van der Waals surface area contributed by atoms with Gasteiger partial charge in [0.05, 0.1) is 11.8 Å². The van der Waals surface area contributed by atoms with Crippen molar-refractivity contribution in [3.05, 3.63) is 63.4 Å². The van der Waals surface area contributed by atoms with Crippen LogP contribution in [0.5, 0.6) is 0 Å². The third-order valence-corrected chi connectivity index (χ3v) is 6.94. The fourth-order valence-electron chi connectivity index (χ4n) is 3.38. The number of hydrogen-bond donors (Lipinski definition) is 4. The molecule has 1 saturated heterocycles. The van der Waals surface area contributed by atoms with Crippen molar-refractivity contribution in [2.45, 2.75) is 19.4 Å². The van der Waals surface area contributed by atoms with Crippen LogP contribution in [0.25, 0.3) is 10.9 Å². The fourth-order valence-corrected chi connectivity index (χ4v) is 5.12.